The van der Waals surface area contributed by atoms with Crippen LogP contribution in [0.4, 0.5) is 0 Å². The SMILES string of the molecule is CC(C)(CCCO)CNCC1(O)CCCCCC1. The van der Waals surface area contributed by atoms with Gasteiger partial charge in [0.2, 0.25) is 0 Å². The monoisotopic (exact) mass is 257 g/mol. The Morgan fingerprint density at radius 1 is 1.11 bits per heavy atom. The maximum Gasteiger partial charge on any atom is 0.0771 e. The van der Waals surface area contributed by atoms with Crippen LogP contribution in [-0.2, 0) is 0 Å². The van der Waals surface area contributed by atoms with Crippen molar-refractivity contribution in [1.29, 1.82) is 0 Å². The van der Waals surface area contributed by atoms with Gasteiger partial charge in [0.25, 0.3) is 0 Å². The summed E-state index contributed by atoms with van der Waals surface area (Å²) in [6.45, 7) is 6.33. The number of hydrogen-bond acceptors (Lipinski definition) is 3. The molecule has 3 nitrogen and oxygen atoms in total. The Kier molecular flexibility index (Phi) is 6.61. The molecule has 0 amide bonds. The summed E-state index contributed by atoms with van der Waals surface area (Å²) in [6, 6.07) is 0. The van der Waals surface area contributed by atoms with Crippen molar-refractivity contribution in [3.63, 3.8) is 0 Å². The van der Waals surface area contributed by atoms with Crippen LogP contribution in [0.2, 0.25) is 0 Å². The smallest absolute Gasteiger partial charge is 0.0771 e. The number of aliphatic hydroxyl groups is 2. The van der Waals surface area contributed by atoms with Gasteiger partial charge in [-0.2, -0.15) is 0 Å². The molecule has 0 spiro atoms. The molecule has 1 aliphatic carbocycles. The van der Waals surface area contributed by atoms with Gasteiger partial charge >= 0.3 is 0 Å². The predicted octanol–water partition coefficient (Wildman–Crippen LogP) is 2.46. The third kappa shape index (κ3) is 6.17. The molecule has 0 aromatic carbocycles. The molecule has 1 fully saturated rings. The van der Waals surface area contributed by atoms with Gasteiger partial charge < -0.3 is 15.5 Å². The maximum atomic E-state index is 10.5. The lowest BCUT2D eigenvalue weighted by atomic mass is 9.87. The summed E-state index contributed by atoms with van der Waals surface area (Å²) in [6.07, 6.45) is 8.62. The van der Waals surface area contributed by atoms with E-state index in [-0.39, 0.29) is 12.0 Å². The zero-order valence-electron chi connectivity index (χ0n) is 12.2. The Bertz CT molecular complexity index is 221. The molecule has 1 rings (SSSR count). The Hall–Kier alpha value is -0.120. The van der Waals surface area contributed by atoms with E-state index >= 15 is 0 Å². The molecule has 0 unspecified atom stereocenters. The van der Waals surface area contributed by atoms with E-state index in [1.165, 1.54) is 12.8 Å². The van der Waals surface area contributed by atoms with Crippen molar-refractivity contribution in [3.05, 3.63) is 0 Å². The minimum Gasteiger partial charge on any atom is -0.396 e. The van der Waals surface area contributed by atoms with Gasteiger partial charge in [-0.05, 0) is 31.1 Å². The van der Waals surface area contributed by atoms with Crippen LogP contribution in [-0.4, -0.2) is 35.5 Å². The van der Waals surface area contributed by atoms with Gasteiger partial charge in [-0.3, -0.25) is 0 Å². The van der Waals surface area contributed by atoms with E-state index in [9.17, 15) is 5.11 Å². The van der Waals surface area contributed by atoms with Gasteiger partial charge in [-0.1, -0.05) is 39.5 Å². The fourth-order valence-corrected chi connectivity index (χ4v) is 2.84. The van der Waals surface area contributed by atoms with Crippen LogP contribution in [0.25, 0.3) is 0 Å². The summed E-state index contributed by atoms with van der Waals surface area (Å²) >= 11 is 0. The molecule has 3 heteroatoms. The Balaban J connectivity index is 2.26. The molecule has 0 bridgehead atoms. The van der Waals surface area contributed by atoms with E-state index in [2.05, 4.69) is 19.2 Å². The van der Waals surface area contributed by atoms with Gasteiger partial charge in [0.05, 0.1) is 5.60 Å². The topological polar surface area (TPSA) is 52.5 Å². The van der Waals surface area contributed by atoms with Crippen molar-refractivity contribution >= 4 is 0 Å². The quantitative estimate of drug-likeness (QED) is 0.614. The first-order chi connectivity index (χ1) is 8.47. The highest BCUT2D eigenvalue weighted by molar-refractivity contribution is 4.84. The molecule has 1 aliphatic rings. The average molecular weight is 257 g/mol. The fourth-order valence-electron chi connectivity index (χ4n) is 2.84. The van der Waals surface area contributed by atoms with Gasteiger partial charge in [0.1, 0.15) is 0 Å². The molecule has 0 aromatic rings. The molecule has 0 aliphatic heterocycles. The summed E-state index contributed by atoms with van der Waals surface area (Å²) < 4.78 is 0. The van der Waals surface area contributed by atoms with Crippen LogP contribution in [0.15, 0.2) is 0 Å². The number of hydrogen-bond donors (Lipinski definition) is 3. The van der Waals surface area contributed by atoms with Crippen LogP contribution in [0.3, 0.4) is 0 Å². The average Bonchev–Trinajstić information content (AvgIpc) is 2.51. The highest BCUT2D eigenvalue weighted by Gasteiger charge is 2.28. The highest BCUT2D eigenvalue weighted by Crippen LogP contribution is 2.27. The van der Waals surface area contributed by atoms with E-state index in [0.717, 1.165) is 51.6 Å². The van der Waals surface area contributed by atoms with Crippen molar-refractivity contribution in [2.75, 3.05) is 19.7 Å². The van der Waals surface area contributed by atoms with Crippen LogP contribution in [0.1, 0.15) is 65.2 Å². The second kappa shape index (κ2) is 7.46. The van der Waals surface area contributed by atoms with Gasteiger partial charge in [0, 0.05) is 19.7 Å². The lowest BCUT2D eigenvalue weighted by Gasteiger charge is -2.30. The second-order valence-corrected chi connectivity index (χ2v) is 6.73. The van der Waals surface area contributed by atoms with E-state index in [0.29, 0.717) is 0 Å². The lowest BCUT2D eigenvalue weighted by molar-refractivity contribution is 0.0231. The number of nitrogens with one attached hydrogen (secondary N) is 1. The summed E-state index contributed by atoms with van der Waals surface area (Å²) in [5.74, 6) is 0. The fraction of sp³-hybridized carbons (Fsp3) is 1.00. The number of rotatable bonds is 7. The molecule has 0 saturated heterocycles. The molecule has 0 heterocycles. The maximum absolute atomic E-state index is 10.5. The molecule has 3 N–H and O–H groups in total. The summed E-state index contributed by atoms with van der Waals surface area (Å²) in [4.78, 5) is 0. The second-order valence-electron chi connectivity index (χ2n) is 6.73. The van der Waals surface area contributed by atoms with E-state index in [1.807, 2.05) is 0 Å². The highest BCUT2D eigenvalue weighted by atomic mass is 16.3. The Labute approximate surface area is 112 Å². The zero-order valence-corrected chi connectivity index (χ0v) is 12.2. The van der Waals surface area contributed by atoms with Crippen molar-refractivity contribution in [3.8, 4) is 0 Å². The van der Waals surface area contributed by atoms with Crippen LogP contribution < -0.4 is 5.32 Å². The third-order valence-electron chi connectivity index (χ3n) is 4.10. The normalized spacial score (nSPS) is 20.7. The minimum atomic E-state index is -0.483. The van der Waals surface area contributed by atoms with Crippen molar-refractivity contribution in [2.24, 2.45) is 5.41 Å². The van der Waals surface area contributed by atoms with E-state index in [1.54, 1.807) is 0 Å². The Morgan fingerprint density at radius 3 is 2.28 bits per heavy atom. The molecule has 0 atom stereocenters. The first kappa shape index (κ1) is 15.9. The third-order valence-corrected chi connectivity index (χ3v) is 4.10. The summed E-state index contributed by atoms with van der Waals surface area (Å²) in [5.41, 5.74) is -0.284. The minimum absolute atomic E-state index is 0.198. The molecule has 18 heavy (non-hydrogen) atoms. The first-order valence-corrected chi connectivity index (χ1v) is 7.51. The predicted molar refractivity (Wildman–Crippen MR) is 75.6 cm³/mol. The first-order valence-electron chi connectivity index (χ1n) is 7.51. The lowest BCUT2D eigenvalue weighted by Crippen LogP contribution is -2.43. The van der Waals surface area contributed by atoms with Crippen LogP contribution in [0, 0.1) is 5.41 Å². The molecule has 0 radical (unpaired) electrons. The summed E-state index contributed by atoms with van der Waals surface area (Å²) in [5, 5.41) is 22.8. The zero-order chi connectivity index (χ0) is 13.5. The Morgan fingerprint density at radius 2 is 1.72 bits per heavy atom. The molecule has 0 aromatic heterocycles. The molecule has 108 valence electrons. The molecular weight excluding hydrogens is 226 g/mol. The molecular formula is C15H31NO2. The van der Waals surface area contributed by atoms with E-state index < -0.39 is 5.60 Å². The van der Waals surface area contributed by atoms with Crippen molar-refractivity contribution in [1.82, 2.24) is 5.32 Å². The standard InChI is InChI=1S/C15H31NO2/c1-14(2,8-7-11-17)12-16-13-15(18)9-5-3-4-6-10-15/h16-18H,3-13H2,1-2H3. The molecule has 1 saturated carbocycles. The van der Waals surface area contributed by atoms with Gasteiger partial charge in [-0.15, -0.1) is 0 Å². The summed E-state index contributed by atoms with van der Waals surface area (Å²) in [7, 11) is 0. The number of aliphatic hydroxyl groups excluding tert-OH is 1. The van der Waals surface area contributed by atoms with Crippen LogP contribution in [0.5, 0.6) is 0 Å². The van der Waals surface area contributed by atoms with Crippen molar-refractivity contribution < 1.29 is 10.2 Å². The van der Waals surface area contributed by atoms with E-state index in [4.69, 9.17) is 5.11 Å². The van der Waals surface area contributed by atoms with Gasteiger partial charge in [-0.25, -0.2) is 0 Å². The van der Waals surface area contributed by atoms with Crippen molar-refractivity contribution in [2.45, 2.75) is 70.8 Å². The van der Waals surface area contributed by atoms with Gasteiger partial charge in [0.15, 0.2) is 0 Å². The van der Waals surface area contributed by atoms with Crippen LogP contribution >= 0.6 is 0 Å². The largest absolute Gasteiger partial charge is 0.396 e.